The van der Waals surface area contributed by atoms with Crippen molar-refractivity contribution in [2.45, 2.75) is 19.4 Å². The molecule has 2 N–H and O–H groups in total. The van der Waals surface area contributed by atoms with Crippen LogP contribution in [0.5, 0.6) is 0 Å². The van der Waals surface area contributed by atoms with Gasteiger partial charge in [0.15, 0.2) is 0 Å². The fourth-order valence-electron chi connectivity index (χ4n) is 1.44. The highest BCUT2D eigenvalue weighted by Crippen LogP contribution is 2.25. The van der Waals surface area contributed by atoms with E-state index in [4.69, 9.17) is 5.11 Å². The van der Waals surface area contributed by atoms with E-state index in [1.54, 1.807) is 29.6 Å². The van der Waals surface area contributed by atoms with Gasteiger partial charge >= 0.3 is 0 Å². The number of carbonyl (C=O) groups excluding carboxylic acids is 1. The van der Waals surface area contributed by atoms with Gasteiger partial charge in [-0.15, -0.1) is 11.3 Å². The molecular weight excluding hydrogens is 268 g/mol. The van der Waals surface area contributed by atoms with Crippen LogP contribution in [0.2, 0.25) is 0 Å². The maximum atomic E-state index is 11.6. The van der Waals surface area contributed by atoms with Crippen molar-refractivity contribution in [2.24, 2.45) is 0 Å². The summed E-state index contributed by atoms with van der Waals surface area (Å²) in [7, 11) is 0. The number of aliphatic hydroxyl groups is 1. The number of hydrogen-bond acceptors (Lipinski definition) is 5. The number of aromatic nitrogens is 1. The van der Waals surface area contributed by atoms with Crippen molar-refractivity contribution in [3.05, 3.63) is 27.9 Å². The van der Waals surface area contributed by atoms with Crippen LogP contribution >= 0.6 is 22.7 Å². The summed E-state index contributed by atoms with van der Waals surface area (Å²) in [5.74, 6) is -0.112. The molecule has 0 fully saturated rings. The third-order valence-corrected chi connectivity index (χ3v) is 3.97. The highest BCUT2D eigenvalue weighted by molar-refractivity contribution is 7.14. The van der Waals surface area contributed by atoms with Crippen LogP contribution in [0.1, 0.15) is 12.6 Å². The van der Waals surface area contributed by atoms with Crippen LogP contribution in [0.15, 0.2) is 22.2 Å². The molecule has 1 atom stereocenters. The largest absolute Gasteiger partial charge is 0.394 e. The minimum Gasteiger partial charge on any atom is -0.394 e. The number of nitrogens with zero attached hydrogens (tertiary/aromatic N) is 1. The second kappa shape index (κ2) is 6.08. The molecule has 1 amide bonds. The topological polar surface area (TPSA) is 62.2 Å². The zero-order chi connectivity index (χ0) is 13.0. The summed E-state index contributed by atoms with van der Waals surface area (Å²) in [5, 5.41) is 18.4. The minimum atomic E-state index is -0.215. The first-order valence-corrected chi connectivity index (χ1v) is 7.38. The van der Waals surface area contributed by atoms with Gasteiger partial charge in [0, 0.05) is 22.4 Å². The lowest BCUT2D eigenvalue weighted by atomic mass is 10.3. The van der Waals surface area contributed by atoms with Gasteiger partial charge in [0.1, 0.15) is 5.01 Å². The number of nitrogens with one attached hydrogen (secondary N) is 1. The summed E-state index contributed by atoms with van der Waals surface area (Å²) in [4.78, 5) is 16.0. The summed E-state index contributed by atoms with van der Waals surface area (Å²) >= 11 is 3.17. The molecule has 0 unspecified atom stereocenters. The average molecular weight is 282 g/mol. The van der Waals surface area contributed by atoms with Crippen LogP contribution in [0.3, 0.4) is 0 Å². The number of thiophene rings is 1. The van der Waals surface area contributed by atoms with Gasteiger partial charge in [0.2, 0.25) is 5.91 Å². The Bertz CT molecular complexity index is 508. The molecule has 0 saturated heterocycles. The molecular formula is C12H14N2O2S2. The Labute approximate surface area is 113 Å². The lowest BCUT2D eigenvalue weighted by Crippen LogP contribution is -2.36. The number of hydrogen-bond donors (Lipinski definition) is 2. The van der Waals surface area contributed by atoms with Crippen molar-refractivity contribution in [3.8, 4) is 10.6 Å². The van der Waals surface area contributed by atoms with Crippen molar-refractivity contribution in [3.63, 3.8) is 0 Å². The number of thiazole rings is 1. The van der Waals surface area contributed by atoms with Gasteiger partial charge in [-0.3, -0.25) is 4.79 Å². The van der Waals surface area contributed by atoms with E-state index in [0.717, 1.165) is 16.3 Å². The highest BCUT2D eigenvalue weighted by Gasteiger charge is 2.10. The molecule has 0 spiro atoms. The highest BCUT2D eigenvalue weighted by atomic mass is 32.1. The molecule has 0 aliphatic heterocycles. The molecule has 0 aromatic carbocycles. The molecule has 18 heavy (non-hydrogen) atoms. The maximum Gasteiger partial charge on any atom is 0.226 e. The van der Waals surface area contributed by atoms with E-state index < -0.39 is 0 Å². The summed E-state index contributed by atoms with van der Waals surface area (Å²) in [6.07, 6.45) is 0.255. The summed E-state index contributed by atoms with van der Waals surface area (Å²) in [5.41, 5.74) is 1.87. The van der Waals surface area contributed by atoms with Gasteiger partial charge in [-0.1, -0.05) is 0 Å². The lowest BCUT2D eigenvalue weighted by molar-refractivity contribution is -0.121. The Morgan fingerprint density at radius 3 is 3.06 bits per heavy atom. The van der Waals surface area contributed by atoms with Crippen LogP contribution in [-0.2, 0) is 11.2 Å². The Balaban J connectivity index is 1.97. The zero-order valence-electron chi connectivity index (χ0n) is 9.92. The van der Waals surface area contributed by atoms with Crippen molar-refractivity contribution in [2.75, 3.05) is 6.61 Å². The molecule has 0 aliphatic rings. The third kappa shape index (κ3) is 3.38. The van der Waals surface area contributed by atoms with Gasteiger partial charge in [-0.2, -0.15) is 11.3 Å². The lowest BCUT2D eigenvalue weighted by Gasteiger charge is -2.09. The number of aliphatic hydroxyl groups excluding tert-OH is 1. The van der Waals surface area contributed by atoms with Crippen LogP contribution in [0, 0.1) is 0 Å². The van der Waals surface area contributed by atoms with Crippen LogP contribution < -0.4 is 5.32 Å². The van der Waals surface area contributed by atoms with Crippen LogP contribution in [0.25, 0.3) is 10.6 Å². The summed E-state index contributed by atoms with van der Waals surface area (Å²) in [6, 6.07) is 1.80. The number of amides is 1. The van der Waals surface area contributed by atoms with Gasteiger partial charge in [-0.05, 0) is 18.4 Å². The quantitative estimate of drug-likeness (QED) is 0.880. The Morgan fingerprint density at radius 1 is 1.56 bits per heavy atom. The fourth-order valence-corrected chi connectivity index (χ4v) is 2.97. The molecule has 0 radical (unpaired) electrons. The monoisotopic (exact) mass is 282 g/mol. The Kier molecular flexibility index (Phi) is 4.46. The first-order chi connectivity index (χ1) is 8.69. The van der Waals surface area contributed by atoms with Crippen LogP contribution in [-0.4, -0.2) is 28.6 Å². The van der Waals surface area contributed by atoms with Crippen molar-refractivity contribution < 1.29 is 9.90 Å². The molecule has 2 aromatic rings. The van der Waals surface area contributed by atoms with E-state index in [9.17, 15) is 4.79 Å². The number of rotatable bonds is 5. The van der Waals surface area contributed by atoms with Gasteiger partial charge in [0.05, 0.1) is 18.7 Å². The van der Waals surface area contributed by atoms with Gasteiger partial charge in [-0.25, -0.2) is 4.98 Å². The van der Waals surface area contributed by atoms with E-state index >= 15 is 0 Å². The standard InChI is InChI=1S/C12H14N2O2S2/c1-8(5-15)13-11(16)4-10-7-18-12(14-10)9-2-3-17-6-9/h2-3,6-8,15H,4-5H2,1H3,(H,13,16)/t8-/m0/s1. The van der Waals surface area contributed by atoms with Crippen LogP contribution in [0.4, 0.5) is 0 Å². The van der Waals surface area contributed by atoms with E-state index in [2.05, 4.69) is 10.3 Å². The first kappa shape index (κ1) is 13.2. The summed E-state index contributed by atoms with van der Waals surface area (Å²) < 4.78 is 0. The van der Waals surface area contributed by atoms with Crippen molar-refractivity contribution in [1.82, 2.24) is 10.3 Å². The average Bonchev–Trinajstić information content (AvgIpc) is 2.98. The second-order valence-corrected chi connectivity index (χ2v) is 5.62. The molecule has 0 aliphatic carbocycles. The van der Waals surface area contributed by atoms with Gasteiger partial charge in [0.25, 0.3) is 0 Å². The smallest absolute Gasteiger partial charge is 0.226 e. The molecule has 96 valence electrons. The molecule has 2 rings (SSSR count). The Morgan fingerprint density at radius 2 is 2.39 bits per heavy atom. The molecule has 2 heterocycles. The maximum absolute atomic E-state index is 11.6. The predicted octanol–water partition coefficient (Wildman–Crippen LogP) is 1.91. The first-order valence-electron chi connectivity index (χ1n) is 5.56. The van der Waals surface area contributed by atoms with E-state index in [0.29, 0.717) is 0 Å². The normalized spacial score (nSPS) is 12.3. The van der Waals surface area contributed by atoms with E-state index in [1.165, 1.54) is 0 Å². The van der Waals surface area contributed by atoms with Crippen molar-refractivity contribution >= 4 is 28.6 Å². The predicted molar refractivity (Wildman–Crippen MR) is 73.8 cm³/mol. The molecule has 0 saturated carbocycles. The van der Waals surface area contributed by atoms with Gasteiger partial charge < -0.3 is 10.4 Å². The SMILES string of the molecule is C[C@@H](CO)NC(=O)Cc1csc(-c2ccsc2)n1. The Hall–Kier alpha value is -1.24. The number of carbonyl (C=O) groups is 1. The van der Waals surface area contributed by atoms with E-state index in [1.807, 2.05) is 22.2 Å². The molecule has 6 heteroatoms. The third-order valence-electron chi connectivity index (χ3n) is 2.34. The van der Waals surface area contributed by atoms with Crippen molar-refractivity contribution in [1.29, 1.82) is 0 Å². The minimum absolute atomic E-state index is 0.0526. The molecule has 2 aromatic heterocycles. The zero-order valence-corrected chi connectivity index (χ0v) is 11.6. The fraction of sp³-hybridized carbons (Fsp3) is 0.333. The second-order valence-electron chi connectivity index (χ2n) is 3.98. The molecule has 0 bridgehead atoms. The molecule has 4 nitrogen and oxygen atoms in total. The van der Waals surface area contributed by atoms with E-state index in [-0.39, 0.29) is 25.0 Å². The summed E-state index contributed by atoms with van der Waals surface area (Å²) in [6.45, 7) is 1.71.